The predicted octanol–water partition coefficient (Wildman–Crippen LogP) is 7.54. The Morgan fingerprint density at radius 3 is 1.48 bits per heavy atom. The third-order valence-electron chi connectivity index (χ3n) is 4.33. The van der Waals surface area contributed by atoms with E-state index in [9.17, 15) is 0 Å². The summed E-state index contributed by atoms with van der Waals surface area (Å²) in [6.45, 7) is 10.9. The van der Waals surface area contributed by atoms with Crippen molar-refractivity contribution in [2.45, 2.75) is 117 Å². The van der Waals surface area contributed by atoms with Crippen molar-refractivity contribution in [2.24, 2.45) is 0 Å². The molecule has 25 heavy (non-hydrogen) atoms. The lowest BCUT2D eigenvalue weighted by atomic mass is 10.0. The van der Waals surface area contributed by atoms with Gasteiger partial charge in [0.15, 0.2) is 0 Å². The van der Waals surface area contributed by atoms with E-state index in [-0.39, 0.29) is 0 Å². The van der Waals surface area contributed by atoms with Gasteiger partial charge in [-0.15, -0.1) is 0 Å². The molecule has 146 valence electrons. The standard InChI is InChI=1S/C18H30.C6H15N/c1-2-3-4-5-6-7-8-9-10-12-15-18-16-13-11-14-17-18;1-5(2)7-6(3)4/h11,13-14,16-17H,2-10,12,15H2,1H3;5-7H,1-4H3. The number of nitrogens with one attached hydrogen (secondary N) is 1. The molecule has 0 heterocycles. The lowest BCUT2D eigenvalue weighted by Crippen LogP contribution is -2.29. The molecular weight excluding hydrogens is 302 g/mol. The smallest absolute Gasteiger partial charge is 0.00127 e. The summed E-state index contributed by atoms with van der Waals surface area (Å²) in [4.78, 5) is 0. The molecule has 1 nitrogen and oxygen atoms in total. The van der Waals surface area contributed by atoms with Gasteiger partial charge in [-0.2, -0.15) is 0 Å². The first-order valence-electron chi connectivity index (χ1n) is 10.9. The Balaban J connectivity index is 0.000000697. The average Bonchev–Trinajstić information content (AvgIpc) is 2.57. The van der Waals surface area contributed by atoms with Crippen LogP contribution in [0.15, 0.2) is 30.3 Å². The van der Waals surface area contributed by atoms with E-state index >= 15 is 0 Å². The highest BCUT2D eigenvalue weighted by atomic mass is 14.9. The SMILES string of the molecule is CC(C)NC(C)C.CCCCCCCCCCCCc1ccccc1. The van der Waals surface area contributed by atoms with E-state index < -0.39 is 0 Å². The van der Waals surface area contributed by atoms with Gasteiger partial charge in [-0.1, -0.05) is 123 Å². The molecule has 0 bridgehead atoms. The van der Waals surface area contributed by atoms with Crippen LogP contribution in [0.5, 0.6) is 0 Å². The first-order valence-corrected chi connectivity index (χ1v) is 10.9. The van der Waals surface area contributed by atoms with Gasteiger partial charge >= 0.3 is 0 Å². The largest absolute Gasteiger partial charge is 0.312 e. The second-order valence-corrected chi connectivity index (χ2v) is 7.89. The number of benzene rings is 1. The van der Waals surface area contributed by atoms with Gasteiger partial charge in [-0.05, 0) is 18.4 Å². The number of rotatable bonds is 13. The molecule has 0 radical (unpaired) electrons. The molecule has 1 aromatic carbocycles. The molecule has 1 rings (SSSR count). The molecule has 0 saturated heterocycles. The molecule has 1 aromatic rings. The van der Waals surface area contributed by atoms with Crippen molar-refractivity contribution in [2.75, 3.05) is 0 Å². The Bertz CT molecular complexity index is 350. The molecule has 1 N–H and O–H groups in total. The minimum atomic E-state index is 0.625. The lowest BCUT2D eigenvalue weighted by Gasteiger charge is -2.10. The monoisotopic (exact) mass is 347 g/mol. The fourth-order valence-electron chi connectivity index (χ4n) is 3.13. The Labute approximate surface area is 159 Å². The fraction of sp³-hybridized carbons (Fsp3) is 0.750. The quantitative estimate of drug-likeness (QED) is 0.363. The van der Waals surface area contributed by atoms with Crippen LogP contribution in [0.1, 0.15) is 104 Å². The first kappa shape index (κ1) is 24.2. The van der Waals surface area contributed by atoms with Crippen LogP contribution in [0.4, 0.5) is 0 Å². The van der Waals surface area contributed by atoms with Crippen molar-refractivity contribution in [1.82, 2.24) is 5.32 Å². The maximum absolute atomic E-state index is 3.31. The highest BCUT2D eigenvalue weighted by Crippen LogP contribution is 2.12. The number of hydrogen-bond acceptors (Lipinski definition) is 1. The Morgan fingerprint density at radius 2 is 1.08 bits per heavy atom. The summed E-state index contributed by atoms with van der Waals surface area (Å²) in [5.74, 6) is 0. The zero-order chi connectivity index (χ0) is 18.8. The predicted molar refractivity (Wildman–Crippen MR) is 115 cm³/mol. The van der Waals surface area contributed by atoms with Crippen LogP contribution < -0.4 is 5.32 Å². The van der Waals surface area contributed by atoms with E-state index in [0.717, 1.165) is 0 Å². The second kappa shape index (κ2) is 18.0. The molecule has 0 amide bonds. The van der Waals surface area contributed by atoms with Crippen LogP contribution in [0.2, 0.25) is 0 Å². The van der Waals surface area contributed by atoms with E-state index in [1.807, 2.05) is 0 Å². The van der Waals surface area contributed by atoms with Gasteiger partial charge in [-0.3, -0.25) is 0 Å². The van der Waals surface area contributed by atoms with Gasteiger partial charge < -0.3 is 5.32 Å². The van der Waals surface area contributed by atoms with Crippen molar-refractivity contribution in [3.63, 3.8) is 0 Å². The van der Waals surface area contributed by atoms with Crippen LogP contribution in [-0.4, -0.2) is 12.1 Å². The molecule has 1 heteroatoms. The molecule has 0 aromatic heterocycles. The Kier molecular flexibility index (Phi) is 17.4. The topological polar surface area (TPSA) is 12.0 Å². The highest BCUT2D eigenvalue weighted by molar-refractivity contribution is 5.14. The summed E-state index contributed by atoms with van der Waals surface area (Å²) < 4.78 is 0. The average molecular weight is 348 g/mol. The zero-order valence-corrected chi connectivity index (χ0v) is 17.8. The minimum Gasteiger partial charge on any atom is -0.312 e. The summed E-state index contributed by atoms with van der Waals surface area (Å²) in [6.07, 6.45) is 15.5. The summed E-state index contributed by atoms with van der Waals surface area (Å²) in [5, 5.41) is 3.31. The normalized spacial score (nSPS) is 10.8. The number of hydrogen-bond donors (Lipinski definition) is 1. The molecule has 0 spiro atoms. The number of aryl methyl sites for hydroxylation is 1. The van der Waals surface area contributed by atoms with Gasteiger partial charge in [0.2, 0.25) is 0 Å². The van der Waals surface area contributed by atoms with Gasteiger partial charge in [0, 0.05) is 12.1 Å². The molecule has 0 fully saturated rings. The number of unbranched alkanes of at least 4 members (excludes halogenated alkanes) is 9. The van der Waals surface area contributed by atoms with Crippen LogP contribution in [-0.2, 0) is 6.42 Å². The summed E-state index contributed by atoms with van der Waals surface area (Å²) in [5.41, 5.74) is 1.50. The van der Waals surface area contributed by atoms with Crippen LogP contribution in [0.25, 0.3) is 0 Å². The fourth-order valence-corrected chi connectivity index (χ4v) is 3.13. The second-order valence-electron chi connectivity index (χ2n) is 7.89. The Hall–Kier alpha value is -0.820. The van der Waals surface area contributed by atoms with Gasteiger partial charge in [-0.25, -0.2) is 0 Å². The van der Waals surface area contributed by atoms with Crippen LogP contribution >= 0.6 is 0 Å². The van der Waals surface area contributed by atoms with Gasteiger partial charge in [0.25, 0.3) is 0 Å². The zero-order valence-electron chi connectivity index (χ0n) is 17.8. The van der Waals surface area contributed by atoms with E-state index in [2.05, 4.69) is 70.3 Å². The summed E-state index contributed by atoms with van der Waals surface area (Å²) >= 11 is 0. The van der Waals surface area contributed by atoms with Crippen molar-refractivity contribution in [3.8, 4) is 0 Å². The molecular formula is C24H45N. The van der Waals surface area contributed by atoms with Gasteiger partial charge in [0.1, 0.15) is 0 Å². The van der Waals surface area contributed by atoms with E-state index in [4.69, 9.17) is 0 Å². The maximum Gasteiger partial charge on any atom is 0.00127 e. The van der Waals surface area contributed by atoms with Crippen molar-refractivity contribution < 1.29 is 0 Å². The minimum absolute atomic E-state index is 0.625. The third kappa shape index (κ3) is 19.4. The van der Waals surface area contributed by atoms with Crippen molar-refractivity contribution >= 4 is 0 Å². The molecule has 0 atom stereocenters. The summed E-state index contributed by atoms with van der Waals surface area (Å²) in [6, 6.07) is 12.1. The molecule has 0 unspecified atom stereocenters. The summed E-state index contributed by atoms with van der Waals surface area (Å²) in [7, 11) is 0. The molecule has 0 saturated carbocycles. The third-order valence-corrected chi connectivity index (χ3v) is 4.33. The molecule has 0 aliphatic heterocycles. The Morgan fingerprint density at radius 1 is 0.640 bits per heavy atom. The lowest BCUT2D eigenvalue weighted by molar-refractivity contribution is 0.518. The van der Waals surface area contributed by atoms with Crippen LogP contribution in [0, 0.1) is 0 Å². The van der Waals surface area contributed by atoms with E-state index in [0.29, 0.717) is 12.1 Å². The van der Waals surface area contributed by atoms with E-state index in [1.54, 1.807) is 0 Å². The van der Waals surface area contributed by atoms with Crippen molar-refractivity contribution in [3.05, 3.63) is 35.9 Å². The van der Waals surface area contributed by atoms with Crippen molar-refractivity contribution in [1.29, 1.82) is 0 Å². The molecule has 0 aliphatic carbocycles. The van der Waals surface area contributed by atoms with E-state index in [1.165, 1.54) is 76.2 Å². The maximum atomic E-state index is 3.31. The van der Waals surface area contributed by atoms with Gasteiger partial charge in [0.05, 0.1) is 0 Å². The highest BCUT2D eigenvalue weighted by Gasteiger charge is 1.94. The first-order chi connectivity index (χ1) is 12.1. The van der Waals surface area contributed by atoms with Crippen LogP contribution in [0.3, 0.4) is 0 Å². The molecule has 0 aliphatic rings.